The van der Waals surface area contributed by atoms with Crippen LogP contribution < -0.4 is 5.32 Å². The molecule has 0 heterocycles. The third-order valence-corrected chi connectivity index (χ3v) is 3.64. The highest BCUT2D eigenvalue weighted by Gasteiger charge is 2.12. The second-order valence-electron chi connectivity index (χ2n) is 4.93. The van der Waals surface area contributed by atoms with E-state index >= 15 is 0 Å². The molecule has 0 saturated heterocycles. The molecular weight excluding hydrogens is 326 g/mol. The average Bonchev–Trinajstić information content (AvgIpc) is 2.45. The van der Waals surface area contributed by atoms with E-state index in [4.69, 9.17) is 23.2 Å². The summed E-state index contributed by atoms with van der Waals surface area (Å²) in [7, 11) is 1.73. The molecule has 1 amide bonds. The molecule has 0 aliphatic rings. The Morgan fingerprint density at radius 1 is 1.18 bits per heavy atom. The van der Waals surface area contributed by atoms with E-state index in [-0.39, 0.29) is 24.8 Å². The summed E-state index contributed by atoms with van der Waals surface area (Å²) in [5.41, 5.74) is 1.04. The number of carbonyl (C=O) groups excluding carboxylic acids is 1. The Balaban J connectivity index is 1.92. The maximum absolute atomic E-state index is 13.7. The summed E-state index contributed by atoms with van der Waals surface area (Å²) in [5.74, 6) is -0.574. The molecule has 0 spiro atoms. The van der Waals surface area contributed by atoms with Crippen molar-refractivity contribution < 1.29 is 9.18 Å². The lowest BCUT2D eigenvalue weighted by atomic mass is 10.2. The van der Waals surface area contributed by atoms with Crippen molar-refractivity contribution in [1.82, 2.24) is 4.90 Å². The van der Waals surface area contributed by atoms with Gasteiger partial charge in [0.05, 0.1) is 6.54 Å². The fourth-order valence-corrected chi connectivity index (χ4v) is 2.34. The smallest absolute Gasteiger partial charge is 0.238 e. The van der Waals surface area contributed by atoms with Crippen molar-refractivity contribution in [2.24, 2.45) is 0 Å². The first-order chi connectivity index (χ1) is 10.5. The molecule has 0 saturated carbocycles. The van der Waals surface area contributed by atoms with Crippen LogP contribution in [0.15, 0.2) is 42.5 Å². The monoisotopic (exact) mass is 340 g/mol. The van der Waals surface area contributed by atoms with Gasteiger partial charge in [-0.05, 0) is 43.4 Å². The molecule has 0 bridgehead atoms. The highest BCUT2D eigenvalue weighted by molar-refractivity contribution is 6.31. The van der Waals surface area contributed by atoms with Crippen molar-refractivity contribution in [2.75, 3.05) is 18.9 Å². The third kappa shape index (κ3) is 4.70. The first kappa shape index (κ1) is 16.7. The van der Waals surface area contributed by atoms with Crippen LogP contribution in [0.3, 0.4) is 0 Å². The number of likely N-dealkylation sites (N-methyl/N-ethyl adjacent to an activating group) is 1. The summed E-state index contributed by atoms with van der Waals surface area (Å²) in [6.07, 6.45) is 0. The van der Waals surface area contributed by atoms with Crippen LogP contribution in [-0.2, 0) is 11.3 Å². The molecule has 0 aliphatic carbocycles. The zero-order valence-electron chi connectivity index (χ0n) is 11.9. The second kappa shape index (κ2) is 7.58. The van der Waals surface area contributed by atoms with Crippen molar-refractivity contribution in [3.63, 3.8) is 0 Å². The maximum atomic E-state index is 13.7. The number of carbonyl (C=O) groups is 1. The summed E-state index contributed by atoms with van der Waals surface area (Å²) in [5, 5.41) is 3.70. The molecule has 0 unspecified atom stereocenters. The van der Waals surface area contributed by atoms with Gasteiger partial charge >= 0.3 is 0 Å². The van der Waals surface area contributed by atoms with Gasteiger partial charge in [0.2, 0.25) is 5.91 Å². The zero-order valence-corrected chi connectivity index (χ0v) is 13.5. The van der Waals surface area contributed by atoms with Gasteiger partial charge in [-0.3, -0.25) is 9.69 Å². The highest BCUT2D eigenvalue weighted by atomic mass is 35.5. The molecule has 0 aliphatic heterocycles. The van der Waals surface area contributed by atoms with Crippen molar-refractivity contribution in [1.29, 1.82) is 0 Å². The van der Waals surface area contributed by atoms with E-state index in [0.717, 1.165) is 0 Å². The van der Waals surface area contributed by atoms with Gasteiger partial charge in [-0.2, -0.15) is 0 Å². The molecule has 2 rings (SSSR count). The van der Waals surface area contributed by atoms with Crippen LogP contribution in [0.5, 0.6) is 0 Å². The van der Waals surface area contributed by atoms with Gasteiger partial charge in [0.15, 0.2) is 0 Å². The lowest BCUT2D eigenvalue weighted by Crippen LogP contribution is -2.30. The maximum Gasteiger partial charge on any atom is 0.238 e. The number of anilines is 1. The summed E-state index contributed by atoms with van der Waals surface area (Å²) in [6, 6.07) is 11.3. The molecule has 2 aromatic carbocycles. The van der Waals surface area contributed by atoms with E-state index in [1.807, 2.05) is 0 Å². The second-order valence-corrected chi connectivity index (χ2v) is 5.77. The molecule has 0 radical (unpaired) electrons. The van der Waals surface area contributed by atoms with Gasteiger partial charge in [-0.15, -0.1) is 0 Å². The van der Waals surface area contributed by atoms with Crippen molar-refractivity contribution in [2.45, 2.75) is 6.54 Å². The number of amides is 1. The molecule has 0 atom stereocenters. The predicted molar refractivity (Wildman–Crippen MR) is 87.8 cm³/mol. The molecule has 6 heteroatoms. The van der Waals surface area contributed by atoms with E-state index in [9.17, 15) is 9.18 Å². The standard InChI is InChI=1S/C16H15Cl2FN2O/c1-21(9-13-14(18)3-2-4-15(13)19)10-16(22)20-12-7-5-11(17)6-8-12/h2-8H,9-10H2,1H3,(H,20,22). The van der Waals surface area contributed by atoms with Crippen LogP contribution in [-0.4, -0.2) is 24.4 Å². The molecule has 116 valence electrons. The summed E-state index contributed by atoms with van der Waals surface area (Å²) in [6.45, 7) is 0.368. The summed E-state index contributed by atoms with van der Waals surface area (Å²) in [4.78, 5) is 13.6. The molecule has 3 nitrogen and oxygen atoms in total. The van der Waals surface area contributed by atoms with E-state index in [1.165, 1.54) is 6.07 Å². The van der Waals surface area contributed by atoms with Crippen LogP contribution in [0, 0.1) is 5.82 Å². The fourth-order valence-electron chi connectivity index (χ4n) is 1.99. The molecule has 1 N–H and O–H groups in total. The van der Waals surface area contributed by atoms with Gasteiger partial charge in [-0.25, -0.2) is 4.39 Å². The molecule has 0 fully saturated rings. The lowest BCUT2D eigenvalue weighted by molar-refractivity contribution is -0.117. The Labute approximate surface area is 138 Å². The average molecular weight is 341 g/mol. The van der Waals surface area contributed by atoms with Gasteiger partial charge in [0, 0.05) is 27.8 Å². The predicted octanol–water partition coefficient (Wildman–Crippen LogP) is 4.20. The first-order valence-electron chi connectivity index (χ1n) is 6.62. The van der Waals surface area contributed by atoms with Crippen LogP contribution in [0.2, 0.25) is 10.0 Å². The van der Waals surface area contributed by atoms with Crippen molar-refractivity contribution in [3.05, 3.63) is 63.9 Å². The quantitative estimate of drug-likeness (QED) is 0.884. The summed E-state index contributed by atoms with van der Waals surface area (Å²) < 4.78 is 13.7. The van der Waals surface area contributed by atoms with Crippen LogP contribution in [0.25, 0.3) is 0 Å². The highest BCUT2D eigenvalue weighted by Crippen LogP contribution is 2.20. The Kier molecular flexibility index (Phi) is 5.77. The number of rotatable bonds is 5. The van der Waals surface area contributed by atoms with E-state index < -0.39 is 0 Å². The van der Waals surface area contributed by atoms with Crippen molar-refractivity contribution in [3.8, 4) is 0 Å². The number of halogens is 3. The number of nitrogens with one attached hydrogen (secondary N) is 1. The minimum Gasteiger partial charge on any atom is -0.325 e. The summed E-state index contributed by atoms with van der Waals surface area (Å²) >= 11 is 11.8. The Morgan fingerprint density at radius 3 is 2.50 bits per heavy atom. The minimum absolute atomic E-state index is 0.118. The number of nitrogens with zero attached hydrogens (tertiary/aromatic N) is 1. The lowest BCUT2D eigenvalue weighted by Gasteiger charge is -2.17. The molecular formula is C16H15Cl2FN2O. The SMILES string of the molecule is CN(CC(=O)Nc1ccc(Cl)cc1)Cc1c(F)cccc1Cl. The van der Waals surface area contributed by atoms with Gasteiger partial charge in [0.25, 0.3) is 0 Å². The number of hydrogen-bond donors (Lipinski definition) is 1. The van der Waals surface area contributed by atoms with Gasteiger partial charge < -0.3 is 5.32 Å². The molecule has 0 aromatic heterocycles. The normalized spacial score (nSPS) is 10.8. The van der Waals surface area contributed by atoms with Crippen molar-refractivity contribution >= 4 is 34.8 Å². The molecule has 22 heavy (non-hydrogen) atoms. The van der Waals surface area contributed by atoms with Gasteiger partial charge in [-0.1, -0.05) is 29.3 Å². The van der Waals surface area contributed by atoms with E-state index in [0.29, 0.717) is 21.3 Å². The van der Waals surface area contributed by atoms with Gasteiger partial charge in [0.1, 0.15) is 5.82 Å². The Hall–Kier alpha value is -1.62. The van der Waals surface area contributed by atoms with Crippen LogP contribution >= 0.6 is 23.2 Å². The molecule has 2 aromatic rings. The van der Waals surface area contributed by atoms with Crippen LogP contribution in [0.1, 0.15) is 5.56 Å². The number of benzene rings is 2. The third-order valence-electron chi connectivity index (χ3n) is 3.03. The topological polar surface area (TPSA) is 32.3 Å². The van der Waals surface area contributed by atoms with Crippen LogP contribution in [0.4, 0.5) is 10.1 Å². The zero-order chi connectivity index (χ0) is 16.1. The Bertz CT molecular complexity index is 641. The first-order valence-corrected chi connectivity index (χ1v) is 7.38. The minimum atomic E-state index is -0.377. The van der Waals surface area contributed by atoms with E-state index in [1.54, 1.807) is 48.3 Å². The van der Waals surface area contributed by atoms with E-state index in [2.05, 4.69) is 5.32 Å². The Morgan fingerprint density at radius 2 is 1.86 bits per heavy atom. The largest absolute Gasteiger partial charge is 0.325 e. The fraction of sp³-hybridized carbons (Fsp3) is 0.188. The number of hydrogen-bond acceptors (Lipinski definition) is 2.